The molecule has 0 amide bonds. The number of ether oxygens (including phenoxy) is 3. The van der Waals surface area contributed by atoms with Crippen LogP contribution >= 0.6 is 0 Å². The molecule has 0 N–H and O–H groups in total. The molecule has 130 valence electrons. The molecule has 2 rings (SSSR count). The molecule has 0 radical (unpaired) electrons. The summed E-state index contributed by atoms with van der Waals surface area (Å²) in [6, 6.07) is 5.47. The summed E-state index contributed by atoms with van der Waals surface area (Å²) in [7, 11) is 0. The molecule has 0 bridgehead atoms. The Morgan fingerprint density at radius 2 is 2.04 bits per heavy atom. The molecule has 0 saturated heterocycles. The number of aromatic nitrogens is 1. The maximum atomic E-state index is 11.9. The van der Waals surface area contributed by atoms with Gasteiger partial charge in [0.25, 0.3) is 0 Å². The van der Waals surface area contributed by atoms with E-state index in [9.17, 15) is 9.59 Å². The summed E-state index contributed by atoms with van der Waals surface area (Å²) in [5, 5.41) is 0.759. The molecule has 6 nitrogen and oxygen atoms in total. The molecule has 0 aliphatic heterocycles. The van der Waals surface area contributed by atoms with Crippen molar-refractivity contribution < 1.29 is 23.8 Å². The van der Waals surface area contributed by atoms with Crippen LogP contribution in [0.1, 0.15) is 30.6 Å². The van der Waals surface area contributed by atoms with Gasteiger partial charge < -0.3 is 18.8 Å². The fourth-order valence-corrected chi connectivity index (χ4v) is 2.43. The van der Waals surface area contributed by atoms with Gasteiger partial charge in [0.1, 0.15) is 18.9 Å². The van der Waals surface area contributed by atoms with Crippen LogP contribution in [0.15, 0.2) is 24.4 Å². The lowest BCUT2D eigenvalue weighted by atomic mass is 10.2. The van der Waals surface area contributed by atoms with Crippen molar-refractivity contribution in [3.8, 4) is 5.75 Å². The molecule has 0 fully saturated rings. The van der Waals surface area contributed by atoms with Crippen molar-refractivity contribution in [2.75, 3.05) is 26.4 Å². The Hall–Kier alpha value is -2.34. The molecular weight excluding hydrogens is 310 g/mol. The van der Waals surface area contributed by atoms with Gasteiger partial charge in [0.2, 0.25) is 0 Å². The number of aldehydes is 1. The summed E-state index contributed by atoms with van der Waals surface area (Å²) >= 11 is 0. The molecule has 0 spiro atoms. The van der Waals surface area contributed by atoms with Crippen LogP contribution in [0.2, 0.25) is 0 Å². The molecular formula is C18H23NO5. The number of nitrogens with zero attached hydrogens (tertiary/aromatic N) is 1. The monoisotopic (exact) mass is 333 g/mol. The number of rotatable bonds is 10. The zero-order valence-electron chi connectivity index (χ0n) is 14.1. The van der Waals surface area contributed by atoms with E-state index in [-0.39, 0.29) is 19.1 Å². The van der Waals surface area contributed by atoms with Gasteiger partial charge in [0, 0.05) is 29.3 Å². The molecule has 2 aromatic rings. The van der Waals surface area contributed by atoms with E-state index in [0.717, 1.165) is 23.6 Å². The number of hydrogen-bond donors (Lipinski definition) is 0. The van der Waals surface area contributed by atoms with Gasteiger partial charge >= 0.3 is 5.97 Å². The number of benzene rings is 1. The number of carbonyl (C=O) groups excluding carboxylic acids is 2. The van der Waals surface area contributed by atoms with E-state index in [1.165, 1.54) is 0 Å². The summed E-state index contributed by atoms with van der Waals surface area (Å²) in [5.41, 5.74) is 1.31. The lowest BCUT2D eigenvalue weighted by molar-refractivity contribution is -0.145. The SMILES string of the molecule is CCCOCCOC(=O)Cn1cc(C=O)c2cc(OCC)ccc21. The lowest BCUT2D eigenvalue weighted by Gasteiger charge is -2.08. The molecule has 1 heterocycles. The molecule has 0 aliphatic rings. The van der Waals surface area contributed by atoms with Crippen LogP contribution < -0.4 is 4.74 Å². The van der Waals surface area contributed by atoms with Gasteiger partial charge in [0.05, 0.1) is 13.2 Å². The van der Waals surface area contributed by atoms with E-state index >= 15 is 0 Å². The Morgan fingerprint density at radius 3 is 2.75 bits per heavy atom. The average molecular weight is 333 g/mol. The highest BCUT2D eigenvalue weighted by atomic mass is 16.6. The van der Waals surface area contributed by atoms with Gasteiger partial charge in [0.15, 0.2) is 6.29 Å². The Bertz CT molecular complexity index is 692. The Kier molecular flexibility index (Phi) is 6.81. The predicted molar refractivity (Wildman–Crippen MR) is 90.6 cm³/mol. The lowest BCUT2D eigenvalue weighted by Crippen LogP contribution is -2.16. The van der Waals surface area contributed by atoms with Crippen molar-refractivity contribution in [3.63, 3.8) is 0 Å². The zero-order chi connectivity index (χ0) is 17.4. The standard InChI is InChI=1S/C18H23NO5/c1-3-7-22-8-9-24-18(21)12-19-11-14(13-20)16-10-15(23-4-2)5-6-17(16)19/h5-6,10-11,13H,3-4,7-9,12H2,1-2H3. The molecule has 0 unspecified atom stereocenters. The first kappa shape index (κ1) is 18.0. The maximum Gasteiger partial charge on any atom is 0.326 e. The fourth-order valence-electron chi connectivity index (χ4n) is 2.43. The topological polar surface area (TPSA) is 66.8 Å². The summed E-state index contributed by atoms with van der Waals surface area (Å²) in [5.74, 6) is 0.333. The van der Waals surface area contributed by atoms with Crippen molar-refractivity contribution in [3.05, 3.63) is 30.0 Å². The van der Waals surface area contributed by atoms with Gasteiger partial charge in [-0.15, -0.1) is 0 Å². The van der Waals surface area contributed by atoms with Crippen LogP contribution in [-0.4, -0.2) is 43.3 Å². The van der Waals surface area contributed by atoms with E-state index in [1.807, 2.05) is 32.0 Å². The smallest absolute Gasteiger partial charge is 0.326 e. The van der Waals surface area contributed by atoms with Crippen molar-refractivity contribution in [2.24, 2.45) is 0 Å². The number of hydrogen-bond acceptors (Lipinski definition) is 5. The Labute approximate surface area is 141 Å². The second kappa shape index (κ2) is 9.08. The third-order valence-corrected chi connectivity index (χ3v) is 3.46. The quantitative estimate of drug-likeness (QED) is 0.380. The zero-order valence-corrected chi connectivity index (χ0v) is 14.1. The molecule has 6 heteroatoms. The highest BCUT2D eigenvalue weighted by Crippen LogP contribution is 2.25. The number of carbonyl (C=O) groups is 2. The van der Waals surface area contributed by atoms with Gasteiger partial charge in [-0.2, -0.15) is 0 Å². The minimum absolute atomic E-state index is 0.0477. The molecule has 0 atom stereocenters. The van der Waals surface area contributed by atoms with E-state index < -0.39 is 0 Å². The summed E-state index contributed by atoms with van der Waals surface area (Å²) in [6.45, 7) is 5.79. The van der Waals surface area contributed by atoms with Gasteiger partial charge in [-0.25, -0.2) is 0 Å². The van der Waals surface area contributed by atoms with E-state index in [4.69, 9.17) is 14.2 Å². The van der Waals surface area contributed by atoms with E-state index in [2.05, 4.69) is 0 Å². The summed E-state index contributed by atoms with van der Waals surface area (Å²) in [6.07, 6.45) is 3.36. The number of esters is 1. The second-order valence-corrected chi connectivity index (χ2v) is 5.28. The second-order valence-electron chi connectivity index (χ2n) is 5.28. The van der Waals surface area contributed by atoms with Crippen LogP contribution in [0.25, 0.3) is 10.9 Å². The predicted octanol–water partition coefficient (Wildman–Crippen LogP) is 2.82. The van der Waals surface area contributed by atoms with Crippen LogP contribution in [0.3, 0.4) is 0 Å². The number of fused-ring (bicyclic) bond motifs is 1. The third-order valence-electron chi connectivity index (χ3n) is 3.46. The normalized spacial score (nSPS) is 10.8. The highest BCUT2D eigenvalue weighted by Gasteiger charge is 2.12. The van der Waals surface area contributed by atoms with Crippen LogP contribution in [0.4, 0.5) is 0 Å². The van der Waals surface area contributed by atoms with Crippen LogP contribution in [0.5, 0.6) is 5.75 Å². The van der Waals surface area contributed by atoms with Crippen molar-refractivity contribution in [2.45, 2.75) is 26.8 Å². The molecule has 24 heavy (non-hydrogen) atoms. The van der Waals surface area contributed by atoms with Crippen LogP contribution in [-0.2, 0) is 20.8 Å². The first-order valence-electron chi connectivity index (χ1n) is 8.13. The first-order chi connectivity index (χ1) is 11.7. The van der Waals surface area contributed by atoms with Gasteiger partial charge in [-0.1, -0.05) is 6.92 Å². The fraction of sp³-hybridized carbons (Fsp3) is 0.444. The molecule has 1 aromatic heterocycles. The minimum atomic E-state index is -0.363. The van der Waals surface area contributed by atoms with Crippen molar-refractivity contribution >= 4 is 23.2 Å². The third kappa shape index (κ3) is 4.58. The van der Waals surface area contributed by atoms with E-state index in [0.29, 0.717) is 31.1 Å². The Balaban J connectivity index is 2.06. The van der Waals surface area contributed by atoms with Crippen LogP contribution in [0, 0.1) is 0 Å². The molecule has 1 aromatic carbocycles. The highest BCUT2D eigenvalue weighted by molar-refractivity contribution is 5.98. The van der Waals surface area contributed by atoms with Crippen molar-refractivity contribution in [1.29, 1.82) is 0 Å². The largest absolute Gasteiger partial charge is 0.494 e. The molecule has 0 saturated carbocycles. The van der Waals surface area contributed by atoms with E-state index in [1.54, 1.807) is 10.8 Å². The summed E-state index contributed by atoms with van der Waals surface area (Å²) in [4.78, 5) is 23.2. The van der Waals surface area contributed by atoms with Gasteiger partial charge in [-0.3, -0.25) is 9.59 Å². The average Bonchev–Trinajstić information content (AvgIpc) is 2.92. The Morgan fingerprint density at radius 1 is 1.21 bits per heavy atom. The van der Waals surface area contributed by atoms with Crippen molar-refractivity contribution in [1.82, 2.24) is 4.57 Å². The van der Waals surface area contributed by atoms with Gasteiger partial charge in [-0.05, 0) is 31.5 Å². The maximum absolute atomic E-state index is 11.9. The summed E-state index contributed by atoms with van der Waals surface area (Å²) < 4.78 is 17.6. The minimum Gasteiger partial charge on any atom is -0.494 e. The first-order valence-corrected chi connectivity index (χ1v) is 8.13. The molecule has 0 aliphatic carbocycles.